The van der Waals surface area contributed by atoms with Gasteiger partial charge in [0.25, 0.3) is 0 Å². The van der Waals surface area contributed by atoms with Crippen LogP contribution >= 0.6 is 11.3 Å². The van der Waals surface area contributed by atoms with Gasteiger partial charge in [0, 0.05) is 16.6 Å². The second-order valence-electron chi connectivity index (χ2n) is 7.01. The van der Waals surface area contributed by atoms with Crippen molar-refractivity contribution in [3.8, 4) is 5.75 Å². The molecular weight excluding hydrogens is 370 g/mol. The van der Waals surface area contributed by atoms with Crippen LogP contribution in [0.5, 0.6) is 5.75 Å². The van der Waals surface area contributed by atoms with Crippen molar-refractivity contribution in [2.24, 2.45) is 0 Å². The summed E-state index contributed by atoms with van der Waals surface area (Å²) >= 11 is 1.46. The Morgan fingerprint density at radius 1 is 1.25 bits per heavy atom. The van der Waals surface area contributed by atoms with Crippen LogP contribution in [-0.2, 0) is 11.2 Å². The minimum absolute atomic E-state index is 0.0693. The van der Waals surface area contributed by atoms with Crippen molar-refractivity contribution in [1.82, 2.24) is 9.97 Å². The first-order valence-electron chi connectivity index (χ1n) is 9.37. The number of thiazole rings is 1. The van der Waals surface area contributed by atoms with E-state index in [-0.39, 0.29) is 5.91 Å². The van der Waals surface area contributed by atoms with Gasteiger partial charge in [0.05, 0.1) is 17.7 Å². The van der Waals surface area contributed by atoms with Crippen LogP contribution in [0.3, 0.4) is 0 Å². The summed E-state index contributed by atoms with van der Waals surface area (Å²) in [5.41, 5.74) is 6.35. The summed E-state index contributed by atoms with van der Waals surface area (Å²) < 4.78 is 6.63. The van der Waals surface area contributed by atoms with E-state index in [0.29, 0.717) is 18.2 Å². The predicted molar refractivity (Wildman–Crippen MR) is 116 cm³/mol. The average molecular weight is 394 g/mol. The molecule has 0 aliphatic carbocycles. The molecule has 2 aromatic heterocycles. The Hall–Kier alpha value is -2.86. The Kier molecular flexibility index (Phi) is 4.81. The molecule has 6 heteroatoms. The molecule has 0 saturated heterocycles. The van der Waals surface area contributed by atoms with E-state index in [9.17, 15) is 4.79 Å². The van der Waals surface area contributed by atoms with Crippen molar-refractivity contribution >= 4 is 43.5 Å². The molecule has 28 heavy (non-hydrogen) atoms. The van der Waals surface area contributed by atoms with Gasteiger partial charge in [-0.3, -0.25) is 4.79 Å². The summed E-state index contributed by atoms with van der Waals surface area (Å²) in [6.45, 7) is 8.71. The number of carbonyl (C=O) groups excluding carboxylic acids is 1. The van der Waals surface area contributed by atoms with Crippen molar-refractivity contribution in [1.29, 1.82) is 0 Å². The molecule has 0 aliphatic heterocycles. The monoisotopic (exact) mass is 393 g/mol. The van der Waals surface area contributed by atoms with E-state index >= 15 is 0 Å². The SMILES string of the molecule is CCOc1cccc2sc(NC(=O)Cc3c(C)[nH]c4c(C)cc(C)cc34)nc12. The zero-order valence-corrected chi connectivity index (χ0v) is 17.3. The second kappa shape index (κ2) is 7.28. The summed E-state index contributed by atoms with van der Waals surface area (Å²) in [6.07, 6.45) is 0.309. The fraction of sp³-hybridized carbons (Fsp3) is 0.273. The van der Waals surface area contributed by atoms with Crippen molar-refractivity contribution < 1.29 is 9.53 Å². The number of anilines is 1. The predicted octanol–water partition coefficient (Wildman–Crippen LogP) is 5.28. The Morgan fingerprint density at radius 3 is 2.86 bits per heavy atom. The Morgan fingerprint density at radius 2 is 2.07 bits per heavy atom. The van der Waals surface area contributed by atoms with Gasteiger partial charge in [0.1, 0.15) is 11.3 Å². The van der Waals surface area contributed by atoms with Gasteiger partial charge in [-0.05, 0) is 57.0 Å². The van der Waals surface area contributed by atoms with Gasteiger partial charge < -0.3 is 15.0 Å². The lowest BCUT2D eigenvalue weighted by atomic mass is 10.0. The summed E-state index contributed by atoms with van der Waals surface area (Å²) in [4.78, 5) is 20.7. The highest BCUT2D eigenvalue weighted by Gasteiger charge is 2.16. The largest absolute Gasteiger partial charge is 0.492 e. The van der Waals surface area contributed by atoms with Gasteiger partial charge in [-0.1, -0.05) is 29.0 Å². The summed E-state index contributed by atoms with van der Waals surface area (Å²) in [5.74, 6) is 0.676. The van der Waals surface area contributed by atoms with Crippen LogP contribution in [0.25, 0.3) is 21.1 Å². The van der Waals surface area contributed by atoms with Crippen molar-refractivity contribution in [2.45, 2.75) is 34.1 Å². The number of carbonyl (C=O) groups is 1. The van der Waals surface area contributed by atoms with Crippen LogP contribution in [0.1, 0.15) is 29.3 Å². The van der Waals surface area contributed by atoms with E-state index in [1.165, 1.54) is 22.5 Å². The second-order valence-corrected chi connectivity index (χ2v) is 8.04. The molecule has 2 N–H and O–H groups in total. The summed E-state index contributed by atoms with van der Waals surface area (Å²) in [5, 5.41) is 4.67. The first-order chi connectivity index (χ1) is 13.5. The Bertz CT molecular complexity index is 1190. The normalized spacial score (nSPS) is 11.3. The molecule has 0 saturated carbocycles. The number of hydrogen-bond donors (Lipinski definition) is 2. The number of fused-ring (bicyclic) bond motifs is 2. The molecule has 2 heterocycles. The molecule has 0 bridgehead atoms. The number of amides is 1. The number of rotatable bonds is 5. The van der Waals surface area contributed by atoms with E-state index in [2.05, 4.69) is 41.3 Å². The number of para-hydroxylation sites is 1. The molecule has 0 unspecified atom stereocenters. The van der Waals surface area contributed by atoms with Gasteiger partial charge in [0.2, 0.25) is 5.91 Å². The average Bonchev–Trinajstić information content (AvgIpc) is 3.18. The zero-order valence-electron chi connectivity index (χ0n) is 16.5. The highest BCUT2D eigenvalue weighted by molar-refractivity contribution is 7.22. The number of ether oxygens (including phenoxy) is 1. The molecule has 1 amide bonds. The van der Waals surface area contributed by atoms with Gasteiger partial charge in [-0.25, -0.2) is 4.98 Å². The number of benzene rings is 2. The lowest BCUT2D eigenvalue weighted by Gasteiger charge is -2.04. The molecule has 0 aliphatic rings. The quantitative estimate of drug-likeness (QED) is 0.484. The van der Waals surface area contributed by atoms with Crippen LogP contribution < -0.4 is 10.1 Å². The minimum Gasteiger partial charge on any atom is -0.492 e. The van der Waals surface area contributed by atoms with Crippen LogP contribution in [-0.4, -0.2) is 22.5 Å². The molecule has 0 fully saturated rings. The molecule has 0 radical (unpaired) electrons. The van der Waals surface area contributed by atoms with Gasteiger partial charge in [0.15, 0.2) is 5.13 Å². The van der Waals surface area contributed by atoms with Crippen LogP contribution in [0.4, 0.5) is 5.13 Å². The molecule has 144 valence electrons. The van der Waals surface area contributed by atoms with Crippen molar-refractivity contribution in [3.05, 3.63) is 52.7 Å². The third-order valence-electron chi connectivity index (χ3n) is 4.84. The van der Waals surface area contributed by atoms with Crippen LogP contribution in [0.2, 0.25) is 0 Å². The number of H-pyrrole nitrogens is 1. The van der Waals surface area contributed by atoms with Gasteiger partial charge >= 0.3 is 0 Å². The summed E-state index contributed by atoms with van der Waals surface area (Å²) in [7, 11) is 0. The molecule has 0 spiro atoms. The Balaban J connectivity index is 1.60. The smallest absolute Gasteiger partial charge is 0.230 e. The maximum atomic E-state index is 12.7. The van der Waals surface area contributed by atoms with E-state index in [4.69, 9.17) is 4.74 Å². The number of hydrogen-bond acceptors (Lipinski definition) is 4. The van der Waals surface area contributed by atoms with E-state index in [0.717, 1.165) is 38.1 Å². The zero-order chi connectivity index (χ0) is 19.8. The number of aryl methyl sites for hydroxylation is 3. The molecule has 5 nitrogen and oxygen atoms in total. The van der Waals surface area contributed by atoms with E-state index < -0.39 is 0 Å². The topological polar surface area (TPSA) is 67.0 Å². The van der Waals surface area contributed by atoms with E-state index in [1.807, 2.05) is 32.0 Å². The first kappa shape index (κ1) is 18.5. The number of nitrogens with one attached hydrogen (secondary N) is 2. The van der Waals surface area contributed by atoms with E-state index in [1.54, 1.807) is 0 Å². The fourth-order valence-corrected chi connectivity index (χ4v) is 4.54. The van der Waals surface area contributed by atoms with Crippen molar-refractivity contribution in [2.75, 3.05) is 11.9 Å². The first-order valence-corrected chi connectivity index (χ1v) is 10.2. The fourth-order valence-electron chi connectivity index (χ4n) is 3.64. The standard InChI is InChI=1S/C22H23N3O2S/c1-5-27-17-7-6-8-18-21(17)25-22(28-18)24-19(26)11-15-14(4)23-20-13(3)9-12(2)10-16(15)20/h6-10,23H,5,11H2,1-4H3,(H,24,25,26). The minimum atomic E-state index is -0.0693. The van der Waals surface area contributed by atoms with Crippen LogP contribution in [0.15, 0.2) is 30.3 Å². The Labute approximate surface area is 167 Å². The highest BCUT2D eigenvalue weighted by Crippen LogP contribution is 2.33. The van der Waals surface area contributed by atoms with Crippen molar-refractivity contribution in [3.63, 3.8) is 0 Å². The van der Waals surface area contributed by atoms with Gasteiger partial charge in [-0.2, -0.15) is 0 Å². The molecule has 2 aromatic carbocycles. The molecule has 4 aromatic rings. The lowest BCUT2D eigenvalue weighted by Crippen LogP contribution is -2.14. The maximum absolute atomic E-state index is 12.7. The third kappa shape index (κ3) is 3.36. The molecule has 0 atom stereocenters. The molecule has 4 rings (SSSR count). The number of aromatic nitrogens is 2. The number of aromatic amines is 1. The molecular formula is C22H23N3O2S. The highest BCUT2D eigenvalue weighted by atomic mass is 32.1. The number of nitrogens with zero attached hydrogens (tertiary/aromatic N) is 1. The summed E-state index contributed by atoms with van der Waals surface area (Å²) in [6, 6.07) is 10.1. The third-order valence-corrected chi connectivity index (χ3v) is 5.77. The van der Waals surface area contributed by atoms with Crippen LogP contribution in [0, 0.1) is 20.8 Å². The van der Waals surface area contributed by atoms with Gasteiger partial charge in [-0.15, -0.1) is 0 Å². The lowest BCUT2D eigenvalue weighted by molar-refractivity contribution is -0.115. The maximum Gasteiger partial charge on any atom is 0.230 e.